The number of hydrogen-bond acceptors (Lipinski definition) is 5. The number of benzene rings is 1. The summed E-state index contributed by atoms with van der Waals surface area (Å²) in [6, 6.07) is 10.1. The van der Waals surface area contributed by atoms with Crippen molar-refractivity contribution in [2.45, 2.75) is 25.9 Å². The Balaban J connectivity index is 1.27. The predicted octanol–water partition coefficient (Wildman–Crippen LogP) is 2.30. The summed E-state index contributed by atoms with van der Waals surface area (Å²) in [5, 5.41) is 0. The van der Waals surface area contributed by atoms with Crippen molar-refractivity contribution in [1.82, 2.24) is 19.6 Å². The Morgan fingerprint density at radius 1 is 0.938 bits per heavy atom. The molecule has 172 valence electrons. The fraction of sp³-hybridized carbons (Fsp3) is 0.500. The molecule has 1 aromatic heterocycles. The van der Waals surface area contributed by atoms with Crippen LogP contribution >= 0.6 is 0 Å². The van der Waals surface area contributed by atoms with Crippen LogP contribution in [0.15, 0.2) is 47.1 Å². The van der Waals surface area contributed by atoms with Crippen LogP contribution in [0.3, 0.4) is 0 Å². The van der Waals surface area contributed by atoms with E-state index in [4.69, 9.17) is 4.42 Å². The highest BCUT2D eigenvalue weighted by molar-refractivity contribution is 5.91. The minimum Gasteiger partial charge on any atom is -0.459 e. The minimum atomic E-state index is -0.212. The largest absolute Gasteiger partial charge is 0.459 e. The summed E-state index contributed by atoms with van der Waals surface area (Å²) >= 11 is 0. The van der Waals surface area contributed by atoms with Crippen LogP contribution in [0, 0.1) is 5.82 Å². The Kier molecular flexibility index (Phi) is 7.22. The highest BCUT2D eigenvalue weighted by Gasteiger charge is 2.31. The Morgan fingerprint density at radius 2 is 1.69 bits per heavy atom. The van der Waals surface area contributed by atoms with Gasteiger partial charge in [-0.25, -0.2) is 4.39 Å². The van der Waals surface area contributed by atoms with Gasteiger partial charge in [0.05, 0.1) is 12.3 Å². The summed E-state index contributed by atoms with van der Waals surface area (Å²) in [6.45, 7) is 7.95. The van der Waals surface area contributed by atoms with Gasteiger partial charge in [-0.2, -0.15) is 0 Å². The van der Waals surface area contributed by atoms with Crippen molar-refractivity contribution in [2.75, 3.05) is 52.4 Å². The SMILES string of the molecule is CC(C(=O)N1CCN(C(=O)c2ccco2)CC1)N1CCCN(Cc2ccccc2F)CC1. The van der Waals surface area contributed by atoms with E-state index in [1.54, 1.807) is 23.1 Å². The van der Waals surface area contributed by atoms with Gasteiger partial charge in [-0.05, 0) is 38.1 Å². The first-order chi connectivity index (χ1) is 15.5. The third kappa shape index (κ3) is 5.19. The molecular weight excluding hydrogens is 411 g/mol. The van der Waals surface area contributed by atoms with E-state index in [-0.39, 0.29) is 23.7 Å². The molecule has 2 aliphatic rings. The first-order valence-corrected chi connectivity index (χ1v) is 11.3. The molecule has 0 bridgehead atoms. The van der Waals surface area contributed by atoms with Crippen LogP contribution in [0.5, 0.6) is 0 Å². The first kappa shape index (κ1) is 22.5. The number of nitrogens with zero attached hydrogens (tertiary/aromatic N) is 4. The van der Waals surface area contributed by atoms with E-state index in [2.05, 4.69) is 9.80 Å². The van der Waals surface area contributed by atoms with Crippen molar-refractivity contribution >= 4 is 11.8 Å². The maximum absolute atomic E-state index is 14.0. The zero-order chi connectivity index (χ0) is 22.5. The molecule has 0 spiro atoms. The maximum Gasteiger partial charge on any atom is 0.289 e. The molecule has 3 heterocycles. The van der Waals surface area contributed by atoms with E-state index in [1.807, 2.05) is 24.0 Å². The van der Waals surface area contributed by atoms with Crippen LogP contribution < -0.4 is 0 Å². The van der Waals surface area contributed by atoms with Crippen LogP contribution in [0.2, 0.25) is 0 Å². The van der Waals surface area contributed by atoms with E-state index < -0.39 is 0 Å². The van der Waals surface area contributed by atoms with Crippen molar-refractivity contribution < 1.29 is 18.4 Å². The molecular formula is C24H31FN4O3. The number of halogens is 1. The average Bonchev–Trinajstić information content (AvgIpc) is 3.26. The van der Waals surface area contributed by atoms with Gasteiger partial charge in [0, 0.05) is 57.9 Å². The van der Waals surface area contributed by atoms with Crippen molar-refractivity contribution in [1.29, 1.82) is 0 Å². The standard InChI is InChI=1S/C24H31FN4O3/c1-19(23(30)28-13-15-29(16-14-28)24(31)22-8-4-17-32-22)27-10-5-9-26(11-12-27)18-20-6-2-3-7-21(20)25/h2-4,6-8,17,19H,5,9-16,18H2,1H3. The van der Waals surface area contributed by atoms with Gasteiger partial charge in [0.1, 0.15) is 5.82 Å². The Morgan fingerprint density at radius 3 is 2.41 bits per heavy atom. The molecule has 1 atom stereocenters. The fourth-order valence-electron chi connectivity index (χ4n) is 4.51. The second kappa shape index (κ2) is 10.3. The van der Waals surface area contributed by atoms with Gasteiger partial charge in [0.15, 0.2) is 5.76 Å². The molecule has 8 heteroatoms. The van der Waals surface area contributed by atoms with E-state index in [0.717, 1.165) is 32.6 Å². The zero-order valence-electron chi connectivity index (χ0n) is 18.6. The fourth-order valence-corrected chi connectivity index (χ4v) is 4.51. The lowest BCUT2D eigenvalue weighted by Crippen LogP contribution is -2.55. The van der Waals surface area contributed by atoms with Crippen LogP contribution in [-0.4, -0.2) is 89.8 Å². The Hall–Kier alpha value is -2.71. The first-order valence-electron chi connectivity index (χ1n) is 11.3. The highest BCUT2D eigenvalue weighted by atomic mass is 19.1. The number of hydrogen-bond donors (Lipinski definition) is 0. The summed E-state index contributed by atoms with van der Waals surface area (Å²) < 4.78 is 19.2. The third-order valence-corrected chi connectivity index (χ3v) is 6.49. The second-order valence-electron chi connectivity index (χ2n) is 8.53. The van der Waals surface area contributed by atoms with Gasteiger partial charge in [0.2, 0.25) is 5.91 Å². The van der Waals surface area contributed by atoms with Crippen LogP contribution in [-0.2, 0) is 11.3 Å². The number of carbonyl (C=O) groups is 2. The van der Waals surface area contributed by atoms with Gasteiger partial charge >= 0.3 is 0 Å². The third-order valence-electron chi connectivity index (χ3n) is 6.49. The van der Waals surface area contributed by atoms with Crippen molar-refractivity contribution in [3.63, 3.8) is 0 Å². The van der Waals surface area contributed by atoms with Gasteiger partial charge in [0.25, 0.3) is 5.91 Å². The lowest BCUT2D eigenvalue weighted by molar-refractivity contribution is -0.137. The quantitative estimate of drug-likeness (QED) is 0.711. The number of amides is 2. The molecule has 2 fully saturated rings. The Bertz CT molecular complexity index is 912. The van der Waals surface area contributed by atoms with Gasteiger partial charge in [-0.1, -0.05) is 18.2 Å². The topological polar surface area (TPSA) is 60.2 Å². The highest BCUT2D eigenvalue weighted by Crippen LogP contribution is 2.16. The van der Waals surface area contributed by atoms with E-state index in [1.165, 1.54) is 12.3 Å². The van der Waals surface area contributed by atoms with Crippen LogP contribution in [0.4, 0.5) is 4.39 Å². The molecule has 1 aromatic carbocycles. The van der Waals surface area contributed by atoms with Gasteiger partial charge < -0.3 is 14.2 Å². The van der Waals surface area contributed by atoms with E-state index >= 15 is 0 Å². The molecule has 0 radical (unpaired) electrons. The molecule has 32 heavy (non-hydrogen) atoms. The molecule has 0 saturated carbocycles. The summed E-state index contributed by atoms with van der Waals surface area (Å²) in [5.41, 5.74) is 0.715. The van der Waals surface area contributed by atoms with Crippen molar-refractivity contribution in [2.24, 2.45) is 0 Å². The monoisotopic (exact) mass is 442 g/mol. The van der Waals surface area contributed by atoms with Gasteiger partial charge in [-0.15, -0.1) is 0 Å². The maximum atomic E-state index is 14.0. The summed E-state index contributed by atoms with van der Waals surface area (Å²) in [4.78, 5) is 33.6. The molecule has 4 rings (SSSR count). The molecule has 2 saturated heterocycles. The van der Waals surface area contributed by atoms with E-state index in [0.29, 0.717) is 44.0 Å². The van der Waals surface area contributed by atoms with Crippen LogP contribution in [0.25, 0.3) is 0 Å². The molecule has 0 N–H and O–H groups in total. The molecule has 1 unspecified atom stereocenters. The smallest absolute Gasteiger partial charge is 0.289 e. The number of carbonyl (C=O) groups excluding carboxylic acids is 2. The lowest BCUT2D eigenvalue weighted by atomic mass is 10.2. The number of piperazine rings is 1. The number of furan rings is 1. The van der Waals surface area contributed by atoms with Crippen molar-refractivity contribution in [3.8, 4) is 0 Å². The lowest BCUT2D eigenvalue weighted by Gasteiger charge is -2.37. The summed E-state index contributed by atoms with van der Waals surface area (Å²) in [5.74, 6) is 0.153. The predicted molar refractivity (Wildman–Crippen MR) is 119 cm³/mol. The molecule has 2 amide bonds. The summed E-state index contributed by atoms with van der Waals surface area (Å²) in [7, 11) is 0. The van der Waals surface area contributed by atoms with Crippen LogP contribution in [0.1, 0.15) is 29.5 Å². The molecule has 0 aliphatic carbocycles. The summed E-state index contributed by atoms with van der Waals surface area (Å²) in [6.07, 6.45) is 2.44. The average molecular weight is 443 g/mol. The normalized spacial score (nSPS) is 19.6. The molecule has 7 nitrogen and oxygen atoms in total. The van der Waals surface area contributed by atoms with E-state index in [9.17, 15) is 14.0 Å². The number of rotatable bonds is 5. The zero-order valence-corrected chi connectivity index (χ0v) is 18.6. The molecule has 2 aromatic rings. The minimum absolute atomic E-state index is 0.109. The molecule has 2 aliphatic heterocycles. The van der Waals surface area contributed by atoms with Gasteiger partial charge in [-0.3, -0.25) is 19.4 Å². The Labute approximate surface area is 188 Å². The second-order valence-corrected chi connectivity index (χ2v) is 8.53. The van der Waals surface area contributed by atoms with Crippen molar-refractivity contribution in [3.05, 3.63) is 59.8 Å².